The molecule has 0 aliphatic heterocycles. The fourth-order valence-electron chi connectivity index (χ4n) is 0.755. The topological polar surface area (TPSA) is 20.1 Å². The van der Waals surface area contributed by atoms with Gasteiger partial charge in [0.1, 0.15) is 0 Å². The van der Waals surface area contributed by atoms with Gasteiger partial charge in [-0.3, -0.25) is 0 Å². The van der Waals surface area contributed by atoms with Crippen LogP contribution in [-0.4, -0.2) is 11.8 Å². The monoisotopic (exact) mass is 136 g/mol. The summed E-state index contributed by atoms with van der Waals surface area (Å²) in [6.45, 7) is 1.99. The van der Waals surface area contributed by atoms with Gasteiger partial charge in [-0.05, 0) is 6.92 Å². The Bertz CT molecular complexity index is 238. The minimum absolute atomic E-state index is 0.700. The quantitative estimate of drug-likeness (QED) is 0.541. The molecule has 0 heterocycles. The Hall–Kier alpha value is -1.18. The molecule has 10 heavy (non-hydrogen) atoms. The Balaban J connectivity index is 3.00. The molecule has 52 valence electrons. The zero-order valence-electron chi connectivity index (χ0n) is 6.16. The van der Waals surface area contributed by atoms with Gasteiger partial charge in [-0.25, -0.2) is 0 Å². The minimum Gasteiger partial charge on any atom is -0.0526 e. The fraction of sp³-hybridized carbons (Fsp3) is 0.250. The Kier molecular flexibility index (Phi) is 1.81. The molecule has 0 amide bonds. The predicted octanol–water partition coefficient (Wildman–Crippen LogP) is 2.04. The molecule has 0 radical (unpaired) electrons. The van der Waals surface area contributed by atoms with Gasteiger partial charge in [0.2, 0.25) is 0 Å². The van der Waals surface area contributed by atoms with E-state index in [1.807, 2.05) is 31.2 Å². The third-order valence-electron chi connectivity index (χ3n) is 1.40. The zero-order valence-corrected chi connectivity index (χ0v) is 6.16. The van der Waals surface area contributed by atoms with E-state index < -0.39 is 0 Å². The van der Waals surface area contributed by atoms with E-state index in [0.717, 1.165) is 4.76 Å². The molecule has 0 spiro atoms. The van der Waals surface area contributed by atoms with Crippen LogP contribution in [0.3, 0.4) is 0 Å². The predicted molar refractivity (Wildman–Crippen MR) is 40.4 cm³/mol. The van der Waals surface area contributed by atoms with Crippen LogP contribution in [-0.2, 0) is 0 Å². The van der Waals surface area contributed by atoms with Crippen LogP contribution in [0.4, 0.5) is 5.69 Å². The lowest BCUT2D eigenvalue weighted by Crippen LogP contribution is -1.89. The Morgan fingerprint density at radius 2 is 1.70 bits per heavy atom. The van der Waals surface area contributed by atoms with E-state index in [0.29, 0.717) is 5.69 Å². The lowest BCUT2D eigenvalue weighted by molar-refractivity contribution is -0.428. The summed E-state index contributed by atoms with van der Waals surface area (Å²) in [6.07, 6.45) is 0. The van der Waals surface area contributed by atoms with E-state index in [9.17, 15) is 4.91 Å². The molecule has 0 aliphatic rings. The molecule has 0 bridgehead atoms. The number of hydrogen-bond acceptors (Lipinski definition) is 1. The Labute approximate surface area is 60.1 Å². The molecule has 1 rings (SSSR count). The first-order valence-corrected chi connectivity index (χ1v) is 3.17. The van der Waals surface area contributed by atoms with Gasteiger partial charge < -0.3 is 0 Å². The second-order valence-electron chi connectivity index (χ2n) is 2.33. The number of nitrogens with zero attached hydrogens (tertiary/aromatic N) is 1. The van der Waals surface area contributed by atoms with Crippen LogP contribution in [0.2, 0.25) is 0 Å². The molecule has 0 saturated heterocycles. The zero-order chi connectivity index (χ0) is 7.56. The van der Waals surface area contributed by atoms with Crippen molar-refractivity contribution in [2.45, 2.75) is 6.92 Å². The average Bonchev–Trinajstić information content (AvgIpc) is 1.88. The Morgan fingerprint density at radius 3 is 2.10 bits per heavy atom. The number of nitroso groups, excluding NO2 is 1. The lowest BCUT2D eigenvalue weighted by Gasteiger charge is -1.88. The highest BCUT2D eigenvalue weighted by Gasteiger charge is 2.02. The van der Waals surface area contributed by atoms with Gasteiger partial charge >= 0.3 is 0 Å². The van der Waals surface area contributed by atoms with Gasteiger partial charge in [-0.15, -0.1) is 0 Å². The fourth-order valence-corrected chi connectivity index (χ4v) is 0.755. The molecule has 0 aromatic heterocycles. The van der Waals surface area contributed by atoms with Crippen molar-refractivity contribution in [1.29, 1.82) is 0 Å². The molecule has 0 N–H and O–H groups in total. The maximum atomic E-state index is 10.7. The average molecular weight is 136 g/mol. The van der Waals surface area contributed by atoms with Crippen LogP contribution in [0.5, 0.6) is 0 Å². The molecular formula is C8H10NO+. The first-order chi connectivity index (χ1) is 4.70. The van der Waals surface area contributed by atoms with Crippen LogP contribution in [0.15, 0.2) is 24.3 Å². The van der Waals surface area contributed by atoms with Gasteiger partial charge in [-0.1, -0.05) is 17.7 Å². The molecule has 0 atom stereocenters. The minimum atomic E-state index is 0.700. The molecule has 2 nitrogen and oxygen atoms in total. The summed E-state index contributed by atoms with van der Waals surface area (Å²) in [5.41, 5.74) is 1.87. The highest BCUT2D eigenvalue weighted by molar-refractivity contribution is 5.31. The van der Waals surface area contributed by atoms with Crippen LogP contribution < -0.4 is 0 Å². The van der Waals surface area contributed by atoms with Gasteiger partial charge in [0.05, 0.1) is 0 Å². The first kappa shape index (κ1) is 6.93. The highest BCUT2D eigenvalue weighted by atomic mass is 16.3. The standard InChI is InChI=1S/C8H10NO/c1-7-3-5-8(6-4-7)9(2)10/h3-6H,1-2H3/q+1. The molecule has 2 heteroatoms. The van der Waals surface area contributed by atoms with Crippen LogP contribution >= 0.6 is 0 Å². The number of aryl methyl sites for hydroxylation is 1. The van der Waals surface area contributed by atoms with Crippen molar-refractivity contribution in [3.8, 4) is 0 Å². The SMILES string of the molecule is Cc1ccc([N+](C)=O)cc1. The molecule has 1 aromatic carbocycles. The maximum absolute atomic E-state index is 10.7. The van der Waals surface area contributed by atoms with Crippen molar-refractivity contribution < 1.29 is 4.76 Å². The molecule has 0 saturated carbocycles. The highest BCUT2D eigenvalue weighted by Crippen LogP contribution is 2.09. The van der Waals surface area contributed by atoms with E-state index in [1.54, 1.807) is 0 Å². The van der Waals surface area contributed by atoms with Crippen molar-refractivity contribution in [2.75, 3.05) is 7.05 Å². The Morgan fingerprint density at radius 1 is 1.20 bits per heavy atom. The van der Waals surface area contributed by atoms with E-state index in [1.165, 1.54) is 12.6 Å². The van der Waals surface area contributed by atoms with E-state index in [-0.39, 0.29) is 0 Å². The maximum Gasteiger partial charge on any atom is 0.255 e. The summed E-state index contributed by atoms with van der Waals surface area (Å²) >= 11 is 0. The summed E-state index contributed by atoms with van der Waals surface area (Å²) in [5.74, 6) is 0. The van der Waals surface area contributed by atoms with Crippen LogP contribution in [0.1, 0.15) is 5.56 Å². The first-order valence-electron chi connectivity index (χ1n) is 3.17. The summed E-state index contributed by atoms with van der Waals surface area (Å²) in [5, 5.41) is 0. The van der Waals surface area contributed by atoms with Crippen LogP contribution in [0.25, 0.3) is 0 Å². The van der Waals surface area contributed by atoms with Crippen molar-refractivity contribution in [3.63, 3.8) is 0 Å². The normalized spacial score (nSPS) is 9.40. The van der Waals surface area contributed by atoms with Gasteiger partial charge in [0.25, 0.3) is 5.69 Å². The van der Waals surface area contributed by atoms with Gasteiger partial charge in [0.15, 0.2) is 7.05 Å². The van der Waals surface area contributed by atoms with Gasteiger partial charge in [0, 0.05) is 21.8 Å². The third kappa shape index (κ3) is 1.41. The molecule has 0 fully saturated rings. The van der Waals surface area contributed by atoms with E-state index in [2.05, 4.69) is 0 Å². The van der Waals surface area contributed by atoms with Crippen molar-refractivity contribution in [3.05, 3.63) is 34.7 Å². The smallest absolute Gasteiger partial charge is 0.0526 e. The summed E-state index contributed by atoms with van der Waals surface area (Å²) in [6, 6.07) is 7.46. The van der Waals surface area contributed by atoms with Crippen LogP contribution in [0, 0.1) is 11.8 Å². The summed E-state index contributed by atoms with van der Waals surface area (Å²) in [4.78, 5) is 10.7. The number of rotatable bonds is 1. The molecular weight excluding hydrogens is 126 g/mol. The van der Waals surface area contributed by atoms with E-state index in [4.69, 9.17) is 0 Å². The third-order valence-corrected chi connectivity index (χ3v) is 1.40. The molecule has 1 aromatic rings. The van der Waals surface area contributed by atoms with Crippen molar-refractivity contribution in [1.82, 2.24) is 0 Å². The molecule has 0 unspecified atom stereocenters. The lowest BCUT2D eigenvalue weighted by atomic mass is 10.2. The summed E-state index contributed by atoms with van der Waals surface area (Å²) in [7, 11) is 1.49. The van der Waals surface area contributed by atoms with Gasteiger partial charge in [-0.2, -0.15) is 0 Å². The number of hydrogen-bond donors (Lipinski definition) is 0. The summed E-state index contributed by atoms with van der Waals surface area (Å²) < 4.78 is 0.847. The second-order valence-corrected chi connectivity index (χ2v) is 2.33. The second kappa shape index (κ2) is 2.60. The number of benzene rings is 1. The van der Waals surface area contributed by atoms with E-state index >= 15 is 0 Å². The van der Waals surface area contributed by atoms with Crippen molar-refractivity contribution >= 4 is 5.69 Å². The largest absolute Gasteiger partial charge is 0.255 e. The molecule has 0 aliphatic carbocycles. The van der Waals surface area contributed by atoms with Crippen molar-refractivity contribution in [2.24, 2.45) is 0 Å².